The predicted octanol–water partition coefficient (Wildman–Crippen LogP) is 2.61. The third-order valence-corrected chi connectivity index (χ3v) is 3.17. The predicted molar refractivity (Wildman–Crippen MR) is 81.3 cm³/mol. The second-order valence-electron chi connectivity index (χ2n) is 4.84. The van der Waals surface area contributed by atoms with E-state index < -0.39 is 5.97 Å². The Morgan fingerprint density at radius 2 is 1.71 bits per heavy atom. The van der Waals surface area contributed by atoms with Gasteiger partial charge in [0, 0.05) is 13.1 Å². The van der Waals surface area contributed by atoms with E-state index >= 15 is 0 Å². The molecule has 0 unspecified atom stereocenters. The molecule has 0 atom stereocenters. The molecule has 21 heavy (non-hydrogen) atoms. The van der Waals surface area contributed by atoms with Gasteiger partial charge >= 0.3 is 5.97 Å². The molecule has 2 aromatic carbocycles. The smallest absolute Gasteiger partial charge is 0.307 e. The minimum absolute atomic E-state index is 0.0670. The van der Waals surface area contributed by atoms with Gasteiger partial charge in [-0.2, -0.15) is 0 Å². The minimum atomic E-state index is -0.807. The van der Waals surface area contributed by atoms with Gasteiger partial charge in [0.2, 0.25) is 0 Å². The maximum Gasteiger partial charge on any atom is 0.307 e. The molecule has 0 aliphatic carbocycles. The van der Waals surface area contributed by atoms with Crippen molar-refractivity contribution in [3.05, 3.63) is 65.2 Å². The first-order valence-electron chi connectivity index (χ1n) is 6.80. The molecule has 0 amide bonds. The van der Waals surface area contributed by atoms with Gasteiger partial charge in [0.1, 0.15) is 5.75 Å². The molecule has 2 aromatic rings. The lowest BCUT2D eigenvalue weighted by atomic mass is 10.1. The molecule has 0 fully saturated rings. The lowest BCUT2D eigenvalue weighted by Crippen LogP contribution is -2.12. The van der Waals surface area contributed by atoms with E-state index in [1.54, 1.807) is 7.11 Å². The average molecular weight is 285 g/mol. The average Bonchev–Trinajstić information content (AvgIpc) is 2.49. The molecule has 0 aliphatic rings. The second kappa shape index (κ2) is 7.45. The van der Waals surface area contributed by atoms with Crippen molar-refractivity contribution in [3.63, 3.8) is 0 Å². The molecular formula is C17H19NO3. The van der Waals surface area contributed by atoms with Crippen molar-refractivity contribution in [1.82, 2.24) is 5.32 Å². The minimum Gasteiger partial charge on any atom is -0.497 e. The first-order chi connectivity index (χ1) is 10.2. The lowest BCUT2D eigenvalue weighted by molar-refractivity contribution is -0.136. The van der Waals surface area contributed by atoms with Crippen LogP contribution in [0.2, 0.25) is 0 Å². The number of carboxylic acids is 1. The van der Waals surface area contributed by atoms with Gasteiger partial charge in [-0.05, 0) is 28.8 Å². The van der Waals surface area contributed by atoms with Gasteiger partial charge in [0.05, 0.1) is 13.5 Å². The summed E-state index contributed by atoms with van der Waals surface area (Å²) in [6.07, 6.45) is 0.0670. The number of carboxylic acid groups (broad SMARTS) is 1. The zero-order chi connectivity index (χ0) is 15.1. The Balaban J connectivity index is 1.84. The van der Waals surface area contributed by atoms with Crippen LogP contribution in [0.15, 0.2) is 48.5 Å². The van der Waals surface area contributed by atoms with Crippen molar-refractivity contribution in [1.29, 1.82) is 0 Å². The van der Waals surface area contributed by atoms with Crippen LogP contribution >= 0.6 is 0 Å². The Labute approximate surface area is 124 Å². The van der Waals surface area contributed by atoms with E-state index in [9.17, 15) is 4.79 Å². The highest BCUT2D eigenvalue weighted by atomic mass is 16.5. The van der Waals surface area contributed by atoms with Crippen LogP contribution in [0.3, 0.4) is 0 Å². The number of hydrogen-bond acceptors (Lipinski definition) is 3. The van der Waals surface area contributed by atoms with Crippen molar-refractivity contribution in [2.24, 2.45) is 0 Å². The molecule has 0 saturated carbocycles. The van der Waals surface area contributed by atoms with Crippen LogP contribution in [0.1, 0.15) is 16.7 Å². The fourth-order valence-electron chi connectivity index (χ4n) is 2.08. The molecule has 0 aromatic heterocycles. The number of methoxy groups -OCH3 is 1. The van der Waals surface area contributed by atoms with Crippen molar-refractivity contribution in [2.45, 2.75) is 19.5 Å². The highest BCUT2D eigenvalue weighted by molar-refractivity contribution is 5.70. The number of ether oxygens (including phenoxy) is 1. The van der Waals surface area contributed by atoms with E-state index in [1.807, 2.05) is 48.5 Å². The Hall–Kier alpha value is -2.33. The van der Waals surface area contributed by atoms with E-state index in [2.05, 4.69) is 5.32 Å². The SMILES string of the molecule is COc1cccc(CNCc2ccc(CC(=O)O)cc2)c1. The summed E-state index contributed by atoms with van der Waals surface area (Å²) in [4.78, 5) is 10.6. The topological polar surface area (TPSA) is 58.6 Å². The van der Waals surface area contributed by atoms with E-state index in [0.29, 0.717) is 0 Å². The summed E-state index contributed by atoms with van der Waals surface area (Å²) < 4.78 is 5.19. The fourth-order valence-corrected chi connectivity index (χ4v) is 2.08. The lowest BCUT2D eigenvalue weighted by Gasteiger charge is -2.07. The van der Waals surface area contributed by atoms with Gasteiger partial charge in [-0.25, -0.2) is 0 Å². The number of benzene rings is 2. The molecule has 0 saturated heterocycles. The number of rotatable bonds is 7. The molecule has 110 valence electrons. The van der Waals surface area contributed by atoms with Crippen LogP contribution in [0.25, 0.3) is 0 Å². The van der Waals surface area contributed by atoms with E-state index in [4.69, 9.17) is 9.84 Å². The molecule has 0 bridgehead atoms. The molecule has 4 heteroatoms. The number of aliphatic carboxylic acids is 1. The zero-order valence-corrected chi connectivity index (χ0v) is 12.0. The van der Waals surface area contributed by atoms with E-state index in [1.165, 1.54) is 0 Å². The first-order valence-corrected chi connectivity index (χ1v) is 6.80. The van der Waals surface area contributed by atoms with Crippen molar-refractivity contribution in [3.8, 4) is 5.75 Å². The van der Waals surface area contributed by atoms with Crippen LogP contribution < -0.4 is 10.1 Å². The van der Waals surface area contributed by atoms with Crippen molar-refractivity contribution >= 4 is 5.97 Å². The van der Waals surface area contributed by atoms with E-state index in [-0.39, 0.29) is 6.42 Å². The summed E-state index contributed by atoms with van der Waals surface area (Å²) in [7, 11) is 1.66. The van der Waals surface area contributed by atoms with Crippen LogP contribution in [0.4, 0.5) is 0 Å². The number of carbonyl (C=O) groups is 1. The van der Waals surface area contributed by atoms with Gasteiger partial charge in [0.25, 0.3) is 0 Å². The van der Waals surface area contributed by atoms with Crippen LogP contribution in [0, 0.1) is 0 Å². The maximum absolute atomic E-state index is 10.6. The van der Waals surface area contributed by atoms with Gasteiger partial charge in [-0.1, -0.05) is 36.4 Å². The largest absolute Gasteiger partial charge is 0.497 e. The number of hydrogen-bond donors (Lipinski definition) is 2. The van der Waals surface area contributed by atoms with Crippen molar-refractivity contribution < 1.29 is 14.6 Å². The monoisotopic (exact) mass is 285 g/mol. The van der Waals surface area contributed by atoms with Crippen LogP contribution in [0.5, 0.6) is 5.75 Å². The van der Waals surface area contributed by atoms with Crippen molar-refractivity contribution in [2.75, 3.05) is 7.11 Å². The summed E-state index contributed by atoms with van der Waals surface area (Å²) in [6, 6.07) is 15.6. The molecule has 2 rings (SSSR count). The second-order valence-corrected chi connectivity index (χ2v) is 4.84. The molecule has 0 aliphatic heterocycles. The van der Waals surface area contributed by atoms with Gasteiger partial charge in [-0.3, -0.25) is 4.79 Å². The molecule has 0 heterocycles. The van der Waals surface area contributed by atoms with Gasteiger partial charge in [-0.15, -0.1) is 0 Å². The summed E-state index contributed by atoms with van der Waals surface area (Å²) in [5, 5.41) is 12.1. The third kappa shape index (κ3) is 4.93. The maximum atomic E-state index is 10.6. The first kappa shape index (κ1) is 15.1. The summed E-state index contributed by atoms with van der Waals surface area (Å²) >= 11 is 0. The third-order valence-electron chi connectivity index (χ3n) is 3.17. The highest BCUT2D eigenvalue weighted by Gasteiger charge is 2.00. The Morgan fingerprint density at radius 3 is 2.38 bits per heavy atom. The summed E-state index contributed by atoms with van der Waals surface area (Å²) in [5.74, 6) is 0.0474. The van der Waals surface area contributed by atoms with Gasteiger partial charge < -0.3 is 15.2 Å². The fraction of sp³-hybridized carbons (Fsp3) is 0.235. The molecule has 0 spiro atoms. The van der Waals surface area contributed by atoms with E-state index in [0.717, 1.165) is 35.5 Å². The van der Waals surface area contributed by atoms with Gasteiger partial charge in [0.15, 0.2) is 0 Å². The quantitative estimate of drug-likeness (QED) is 0.821. The normalized spacial score (nSPS) is 10.3. The number of nitrogens with one attached hydrogen (secondary N) is 1. The molecule has 4 nitrogen and oxygen atoms in total. The Kier molecular flexibility index (Phi) is 5.35. The zero-order valence-electron chi connectivity index (χ0n) is 12.0. The molecular weight excluding hydrogens is 266 g/mol. The standard InChI is InChI=1S/C17H19NO3/c1-21-16-4-2-3-15(9-16)12-18-11-14-7-5-13(6-8-14)10-17(19)20/h2-9,18H,10-12H2,1H3,(H,19,20). The van der Waals surface area contributed by atoms with Crippen LogP contribution in [-0.2, 0) is 24.3 Å². The molecule has 2 N–H and O–H groups in total. The van der Waals surface area contributed by atoms with Crippen LogP contribution in [-0.4, -0.2) is 18.2 Å². The summed E-state index contributed by atoms with van der Waals surface area (Å²) in [6.45, 7) is 1.50. The molecule has 0 radical (unpaired) electrons. The summed E-state index contributed by atoms with van der Waals surface area (Å²) in [5.41, 5.74) is 3.11. The Bertz CT molecular complexity index is 593. The highest BCUT2D eigenvalue weighted by Crippen LogP contribution is 2.12. The Morgan fingerprint density at radius 1 is 1.05 bits per heavy atom.